The van der Waals surface area contributed by atoms with E-state index in [1.54, 1.807) is 25.3 Å². The molecule has 0 fully saturated rings. The summed E-state index contributed by atoms with van der Waals surface area (Å²) in [7, 11) is 1.55. The van der Waals surface area contributed by atoms with E-state index in [4.69, 9.17) is 37.5 Å². The zero-order chi connectivity index (χ0) is 14.1. The van der Waals surface area contributed by atoms with Crippen molar-refractivity contribution in [3.63, 3.8) is 0 Å². The average molecular weight is 308 g/mol. The lowest BCUT2D eigenvalue weighted by Gasteiger charge is -2.08. The average Bonchev–Trinajstić information content (AvgIpc) is 2.39. The Bertz CT molecular complexity index is 415. The molecule has 0 aromatic heterocycles. The van der Waals surface area contributed by atoms with Gasteiger partial charge >= 0.3 is 0 Å². The number of rotatable bonds is 8. The molecule has 19 heavy (non-hydrogen) atoms. The summed E-state index contributed by atoms with van der Waals surface area (Å²) in [4.78, 5) is 16.2. The van der Waals surface area contributed by atoms with Crippen LogP contribution in [0.3, 0.4) is 0 Å². The highest BCUT2D eigenvalue weighted by atomic mass is 35.5. The highest BCUT2D eigenvalue weighted by Crippen LogP contribution is 2.26. The number of carbonyl (C=O) groups excluding carboxylic acids is 1. The van der Waals surface area contributed by atoms with E-state index in [0.29, 0.717) is 29.0 Å². The van der Waals surface area contributed by atoms with Crippen LogP contribution in [0.25, 0.3) is 0 Å². The van der Waals surface area contributed by atoms with Crippen LogP contribution in [-0.4, -0.2) is 32.8 Å². The summed E-state index contributed by atoms with van der Waals surface area (Å²) in [6.07, 6.45) is 0.174. The summed E-state index contributed by atoms with van der Waals surface area (Å²) in [6.45, 7) is 0.938. The predicted molar refractivity (Wildman–Crippen MR) is 72.5 cm³/mol. The lowest BCUT2D eigenvalue weighted by Crippen LogP contribution is -2.26. The largest absolute Gasteiger partial charge is 0.493 e. The molecule has 0 radical (unpaired) electrons. The molecule has 1 aromatic rings. The van der Waals surface area contributed by atoms with Crippen LogP contribution < -0.4 is 10.2 Å². The second-order valence-electron chi connectivity index (χ2n) is 3.54. The molecule has 0 saturated carbocycles. The molecule has 0 bridgehead atoms. The van der Waals surface area contributed by atoms with E-state index in [1.165, 1.54) is 0 Å². The van der Waals surface area contributed by atoms with Gasteiger partial charge in [-0.25, -0.2) is 5.48 Å². The Balaban J connectivity index is 2.18. The minimum Gasteiger partial charge on any atom is -0.493 e. The van der Waals surface area contributed by atoms with Crippen LogP contribution in [0, 0.1) is 0 Å². The number of nitrogens with one attached hydrogen (secondary N) is 1. The molecule has 1 aromatic carbocycles. The normalized spacial score (nSPS) is 10.3. The Hall–Kier alpha value is -1.01. The molecular formula is C12H15Cl2NO4. The quantitative estimate of drug-likeness (QED) is 0.592. The number of methoxy groups -OCH3 is 1. The van der Waals surface area contributed by atoms with Crippen LogP contribution in [0.15, 0.2) is 18.2 Å². The van der Waals surface area contributed by atoms with Gasteiger partial charge in [0, 0.05) is 13.2 Å². The highest BCUT2D eigenvalue weighted by Gasteiger charge is 2.03. The zero-order valence-electron chi connectivity index (χ0n) is 10.4. The topological polar surface area (TPSA) is 56.8 Å². The van der Waals surface area contributed by atoms with Gasteiger partial charge in [-0.1, -0.05) is 23.2 Å². The van der Waals surface area contributed by atoms with Crippen LogP contribution >= 0.6 is 23.2 Å². The van der Waals surface area contributed by atoms with Crippen molar-refractivity contribution in [1.82, 2.24) is 5.48 Å². The fourth-order valence-electron chi connectivity index (χ4n) is 1.14. The van der Waals surface area contributed by atoms with Gasteiger partial charge in [-0.2, -0.15) is 0 Å². The third-order valence-corrected chi connectivity index (χ3v) is 2.80. The first-order chi connectivity index (χ1) is 9.13. The van der Waals surface area contributed by atoms with Crippen LogP contribution in [0.5, 0.6) is 5.75 Å². The Morgan fingerprint density at radius 3 is 2.68 bits per heavy atom. The van der Waals surface area contributed by atoms with Crippen molar-refractivity contribution in [3.05, 3.63) is 28.2 Å². The molecule has 0 aliphatic rings. The molecule has 1 rings (SSSR count). The number of hydrogen-bond donors (Lipinski definition) is 1. The number of hydrogen-bond acceptors (Lipinski definition) is 4. The predicted octanol–water partition coefficient (Wildman–Crippen LogP) is 2.46. The van der Waals surface area contributed by atoms with Gasteiger partial charge in [-0.15, -0.1) is 0 Å². The van der Waals surface area contributed by atoms with Gasteiger partial charge in [0.05, 0.1) is 36.3 Å². The fraction of sp³-hybridized carbons (Fsp3) is 0.417. The lowest BCUT2D eigenvalue weighted by atomic mass is 10.3. The van der Waals surface area contributed by atoms with E-state index in [0.717, 1.165) is 0 Å². The maximum Gasteiger partial charge on any atom is 0.246 e. The van der Waals surface area contributed by atoms with Crippen molar-refractivity contribution in [2.24, 2.45) is 0 Å². The summed E-state index contributed by atoms with van der Waals surface area (Å²) in [5.41, 5.74) is 2.28. The molecule has 106 valence electrons. The highest BCUT2D eigenvalue weighted by molar-refractivity contribution is 6.42. The van der Waals surface area contributed by atoms with Crippen molar-refractivity contribution in [1.29, 1.82) is 0 Å². The molecule has 1 amide bonds. The Kier molecular flexibility index (Phi) is 7.59. The van der Waals surface area contributed by atoms with E-state index in [-0.39, 0.29) is 18.9 Å². The van der Waals surface area contributed by atoms with Gasteiger partial charge in [0.15, 0.2) is 0 Å². The van der Waals surface area contributed by atoms with E-state index in [2.05, 4.69) is 5.48 Å². The molecule has 0 aliphatic heterocycles. The van der Waals surface area contributed by atoms with Gasteiger partial charge < -0.3 is 9.47 Å². The number of halogens is 2. The first kappa shape index (κ1) is 16.0. The van der Waals surface area contributed by atoms with E-state index in [1.807, 2.05) is 0 Å². The summed E-state index contributed by atoms with van der Waals surface area (Å²) >= 11 is 11.6. The van der Waals surface area contributed by atoms with Crippen molar-refractivity contribution in [3.8, 4) is 5.75 Å². The lowest BCUT2D eigenvalue weighted by molar-refractivity contribution is -0.135. The minimum absolute atomic E-state index is 0.174. The molecular weight excluding hydrogens is 293 g/mol. The fourth-order valence-corrected chi connectivity index (χ4v) is 1.42. The molecule has 0 heterocycles. The van der Waals surface area contributed by atoms with Gasteiger partial charge in [0.2, 0.25) is 5.91 Å². The molecule has 7 heteroatoms. The molecule has 1 N–H and O–H groups in total. The Morgan fingerprint density at radius 2 is 2.00 bits per heavy atom. The molecule has 5 nitrogen and oxygen atoms in total. The molecule has 0 atom stereocenters. The van der Waals surface area contributed by atoms with E-state index < -0.39 is 0 Å². The number of amides is 1. The minimum atomic E-state index is -0.267. The summed E-state index contributed by atoms with van der Waals surface area (Å²) in [6, 6.07) is 4.91. The van der Waals surface area contributed by atoms with Gasteiger partial charge in [-0.3, -0.25) is 9.63 Å². The summed E-state index contributed by atoms with van der Waals surface area (Å²) in [5.74, 6) is 0.290. The first-order valence-electron chi connectivity index (χ1n) is 5.61. The molecule has 0 spiro atoms. The number of carbonyl (C=O) groups is 1. The van der Waals surface area contributed by atoms with Crippen LogP contribution in [0.2, 0.25) is 10.0 Å². The van der Waals surface area contributed by atoms with Crippen LogP contribution in [0.1, 0.15) is 6.42 Å². The van der Waals surface area contributed by atoms with Crippen molar-refractivity contribution in [2.45, 2.75) is 6.42 Å². The van der Waals surface area contributed by atoms with E-state index >= 15 is 0 Å². The third kappa shape index (κ3) is 6.63. The van der Waals surface area contributed by atoms with Crippen molar-refractivity contribution >= 4 is 29.1 Å². The maximum atomic E-state index is 11.3. The molecule has 0 unspecified atom stereocenters. The maximum absolute atomic E-state index is 11.3. The monoisotopic (exact) mass is 307 g/mol. The van der Waals surface area contributed by atoms with Crippen LogP contribution in [0.4, 0.5) is 0 Å². The molecule has 0 saturated heterocycles. The van der Waals surface area contributed by atoms with Crippen molar-refractivity contribution < 1.29 is 19.1 Å². The number of ether oxygens (including phenoxy) is 2. The Labute approximate surface area is 121 Å². The second kappa shape index (κ2) is 8.98. The Morgan fingerprint density at radius 1 is 1.21 bits per heavy atom. The van der Waals surface area contributed by atoms with E-state index in [9.17, 15) is 4.79 Å². The third-order valence-electron chi connectivity index (χ3n) is 2.06. The summed E-state index contributed by atoms with van der Waals surface area (Å²) in [5, 5.41) is 0.866. The first-order valence-corrected chi connectivity index (χ1v) is 6.36. The SMILES string of the molecule is COCCONC(=O)CCOc1ccc(Cl)c(Cl)c1. The van der Waals surface area contributed by atoms with Gasteiger partial charge in [-0.05, 0) is 12.1 Å². The van der Waals surface area contributed by atoms with Gasteiger partial charge in [0.25, 0.3) is 0 Å². The van der Waals surface area contributed by atoms with Crippen molar-refractivity contribution in [2.75, 3.05) is 26.9 Å². The second-order valence-corrected chi connectivity index (χ2v) is 4.36. The van der Waals surface area contributed by atoms with Gasteiger partial charge in [0.1, 0.15) is 5.75 Å². The summed E-state index contributed by atoms with van der Waals surface area (Å²) < 4.78 is 10.1. The smallest absolute Gasteiger partial charge is 0.246 e. The standard InChI is InChI=1S/C12H15Cl2NO4/c1-17-6-7-19-15-12(16)4-5-18-9-2-3-10(13)11(14)8-9/h2-3,8H,4-7H2,1H3,(H,15,16). The number of hydroxylamine groups is 1. The van der Waals surface area contributed by atoms with Crippen LogP contribution in [-0.2, 0) is 14.4 Å². The zero-order valence-corrected chi connectivity index (χ0v) is 12.0. The molecule has 0 aliphatic carbocycles. The number of benzene rings is 1.